The van der Waals surface area contributed by atoms with Crippen LogP contribution in [0.25, 0.3) is 0 Å². The van der Waals surface area contributed by atoms with Crippen molar-refractivity contribution >= 4 is 18.8 Å². The van der Waals surface area contributed by atoms with Gasteiger partial charge in [-0.1, -0.05) is 0 Å². The van der Waals surface area contributed by atoms with Crippen LogP contribution in [0.5, 0.6) is 0 Å². The third-order valence-electron chi connectivity index (χ3n) is 3.66. The standard InChI is InChI=1S/C7H7O.C4H9.2C2H5.Sn/c8-6-7-4-2-1-3-5-7;1-3-4-2;2*1-2;/h1-5H,6H2;1,3-4H2,2H3;2*1H2,2H3;/q-1;;;;+1. The minimum absolute atomic E-state index is 0.836. The first-order valence-corrected chi connectivity index (χ1v) is 14.2. The van der Waals surface area contributed by atoms with E-state index in [1.165, 1.54) is 31.7 Å². The Morgan fingerprint density at radius 2 is 1.65 bits per heavy atom. The van der Waals surface area contributed by atoms with Crippen LogP contribution in [-0.4, -0.2) is 18.8 Å². The van der Waals surface area contributed by atoms with E-state index in [1.54, 1.807) is 0 Å². The van der Waals surface area contributed by atoms with E-state index in [1.807, 2.05) is 0 Å². The molecule has 1 aromatic rings. The summed E-state index contributed by atoms with van der Waals surface area (Å²) in [4.78, 5) is 0. The van der Waals surface area contributed by atoms with Crippen LogP contribution in [0.2, 0.25) is 13.3 Å². The van der Waals surface area contributed by atoms with E-state index in [4.69, 9.17) is 3.07 Å². The predicted molar refractivity (Wildman–Crippen MR) is 77.7 cm³/mol. The molecule has 0 fully saturated rings. The first-order chi connectivity index (χ1) is 8.26. The van der Waals surface area contributed by atoms with Crippen LogP contribution in [0.3, 0.4) is 0 Å². The molecule has 0 unspecified atom stereocenters. The second kappa shape index (κ2) is 8.15. The molecule has 0 saturated heterocycles. The summed E-state index contributed by atoms with van der Waals surface area (Å²) in [6.45, 7) is 7.78. The second-order valence-electron chi connectivity index (χ2n) is 4.77. The molecule has 0 aliphatic rings. The summed E-state index contributed by atoms with van der Waals surface area (Å²) in [6.07, 6.45) is 2.65. The number of benzene rings is 1. The zero-order chi connectivity index (χ0) is 12.6. The zero-order valence-electron chi connectivity index (χ0n) is 11.5. The molecule has 1 nitrogen and oxygen atoms in total. The molecule has 0 aromatic heterocycles. The Labute approximate surface area is 111 Å². The van der Waals surface area contributed by atoms with E-state index in [9.17, 15) is 0 Å². The Bertz CT molecular complexity index is 293. The van der Waals surface area contributed by atoms with Crippen molar-refractivity contribution in [1.29, 1.82) is 0 Å². The van der Waals surface area contributed by atoms with Crippen molar-refractivity contribution in [2.45, 2.75) is 53.5 Å². The van der Waals surface area contributed by atoms with Crippen LogP contribution in [0.1, 0.15) is 39.2 Å². The maximum absolute atomic E-state index is 6.43. The summed E-state index contributed by atoms with van der Waals surface area (Å²) in [5, 5.41) is 0. The topological polar surface area (TPSA) is 9.23 Å². The molecule has 1 aromatic carbocycles. The Kier molecular flexibility index (Phi) is 7.21. The van der Waals surface area contributed by atoms with Gasteiger partial charge in [-0.3, -0.25) is 0 Å². The Hall–Kier alpha value is -0.0213. The van der Waals surface area contributed by atoms with Crippen molar-refractivity contribution in [2.24, 2.45) is 0 Å². The summed E-state index contributed by atoms with van der Waals surface area (Å²) in [5.41, 5.74) is 1.33. The van der Waals surface area contributed by atoms with Crippen LogP contribution in [0, 0.1) is 0 Å². The van der Waals surface area contributed by atoms with Crippen molar-refractivity contribution in [3.8, 4) is 0 Å². The summed E-state index contributed by atoms with van der Waals surface area (Å²) in [5.74, 6) is 0. The van der Waals surface area contributed by atoms with Crippen LogP contribution in [-0.2, 0) is 9.68 Å². The third-order valence-corrected chi connectivity index (χ3v) is 16.8. The van der Waals surface area contributed by atoms with E-state index in [2.05, 4.69) is 51.1 Å². The Morgan fingerprint density at radius 1 is 1.00 bits per heavy atom. The van der Waals surface area contributed by atoms with E-state index < -0.39 is 18.8 Å². The summed E-state index contributed by atoms with van der Waals surface area (Å²) in [6, 6.07) is 10.6. The number of rotatable bonds is 8. The molecule has 96 valence electrons. The molecule has 0 bridgehead atoms. The van der Waals surface area contributed by atoms with Crippen molar-refractivity contribution in [2.75, 3.05) is 0 Å². The van der Waals surface area contributed by atoms with Crippen LogP contribution >= 0.6 is 0 Å². The molecule has 0 aliphatic heterocycles. The Balaban J connectivity index is 2.54. The SMILES string of the molecule is CCC[CH2][Sn]([CH2]C)([CH2]C)[O]Cc1ccccc1. The van der Waals surface area contributed by atoms with Crippen molar-refractivity contribution in [1.82, 2.24) is 0 Å². The first-order valence-electron chi connectivity index (χ1n) is 6.94. The van der Waals surface area contributed by atoms with Gasteiger partial charge in [-0.15, -0.1) is 0 Å². The van der Waals surface area contributed by atoms with Gasteiger partial charge in [0, 0.05) is 0 Å². The minimum atomic E-state index is -2.23. The Morgan fingerprint density at radius 3 is 2.18 bits per heavy atom. The van der Waals surface area contributed by atoms with Gasteiger partial charge >= 0.3 is 111 Å². The molecule has 0 aliphatic carbocycles. The van der Waals surface area contributed by atoms with E-state index in [0.717, 1.165) is 6.61 Å². The normalized spacial score (nSPS) is 11.7. The summed E-state index contributed by atoms with van der Waals surface area (Å²) < 4.78 is 10.5. The molecule has 0 saturated carbocycles. The average Bonchev–Trinajstić information content (AvgIpc) is 2.41. The number of hydrogen-bond donors (Lipinski definition) is 0. The van der Waals surface area contributed by atoms with Crippen LogP contribution < -0.4 is 0 Å². The van der Waals surface area contributed by atoms with E-state index in [0.29, 0.717) is 0 Å². The summed E-state index contributed by atoms with van der Waals surface area (Å²) in [7, 11) is 0. The van der Waals surface area contributed by atoms with Crippen molar-refractivity contribution in [3.63, 3.8) is 0 Å². The van der Waals surface area contributed by atoms with Gasteiger partial charge in [0.25, 0.3) is 0 Å². The molecule has 2 heteroatoms. The molecule has 0 radical (unpaired) electrons. The average molecular weight is 341 g/mol. The van der Waals surface area contributed by atoms with Gasteiger partial charge < -0.3 is 0 Å². The van der Waals surface area contributed by atoms with Gasteiger partial charge in [-0.25, -0.2) is 0 Å². The molecule has 1 rings (SSSR count). The molecule has 0 spiro atoms. The fraction of sp³-hybridized carbons (Fsp3) is 0.600. The van der Waals surface area contributed by atoms with Crippen molar-refractivity contribution in [3.05, 3.63) is 35.9 Å². The maximum atomic E-state index is 6.43. The molecular formula is C15H26OSn. The molecular weight excluding hydrogens is 315 g/mol. The number of unbranched alkanes of at least 4 members (excludes halogenated alkanes) is 1. The molecule has 0 heterocycles. The van der Waals surface area contributed by atoms with Crippen molar-refractivity contribution < 1.29 is 3.07 Å². The fourth-order valence-corrected chi connectivity index (χ4v) is 11.4. The van der Waals surface area contributed by atoms with E-state index in [-0.39, 0.29) is 0 Å². The fourth-order valence-electron chi connectivity index (χ4n) is 2.19. The molecule has 0 amide bonds. The van der Waals surface area contributed by atoms with Gasteiger partial charge in [-0.05, 0) is 0 Å². The zero-order valence-corrected chi connectivity index (χ0v) is 14.4. The van der Waals surface area contributed by atoms with Gasteiger partial charge in [0.15, 0.2) is 0 Å². The van der Waals surface area contributed by atoms with Gasteiger partial charge in [0.2, 0.25) is 0 Å². The van der Waals surface area contributed by atoms with Crippen LogP contribution in [0.4, 0.5) is 0 Å². The van der Waals surface area contributed by atoms with Gasteiger partial charge in [-0.2, -0.15) is 0 Å². The summed E-state index contributed by atoms with van der Waals surface area (Å²) >= 11 is -2.23. The number of hydrogen-bond acceptors (Lipinski definition) is 1. The van der Waals surface area contributed by atoms with Crippen LogP contribution in [0.15, 0.2) is 30.3 Å². The molecule has 0 N–H and O–H groups in total. The quantitative estimate of drug-likeness (QED) is 0.606. The van der Waals surface area contributed by atoms with Gasteiger partial charge in [0.1, 0.15) is 0 Å². The third kappa shape index (κ3) is 5.00. The predicted octanol–water partition coefficient (Wildman–Crippen LogP) is 4.99. The monoisotopic (exact) mass is 342 g/mol. The second-order valence-corrected chi connectivity index (χ2v) is 17.8. The molecule has 0 atom stereocenters. The molecule has 17 heavy (non-hydrogen) atoms. The first kappa shape index (κ1) is 15.0. The van der Waals surface area contributed by atoms with E-state index >= 15 is 0 Å². The van der Waals surface area contributed by atoms with Gasteiger partial charge in [0.05, 0.1) is 0 Å².